The molecule has 1 aliphatic carbocycles. The summed E-state index contributed by atoms with van der Waals surface area (Å²) in [5.41, 5.74) is 0.594. The van der Waals surface area contributed by atoms with Gasteiger partial charge in [0.25, 0.3) is 0 Å². The molecule has 0 N–H and O–H groups in total. The summed E-state index contributed by atoms with van der Waals surface area (Å²) in [6.07, 6.45) is 9.86. The molecule has 0 heterocycles. The van der Waals surface area contributed by atoms with Crippen molar-refractivity contribution in [3.05, 3.63) is 0 Å². The standard InChI is InChI=1S/C11H21Br/c1-11(2)8-5-3-4-6-10(12)7-9-11/h10H,3-9H2,1-2H3. The van der Waals surface area contributed by atoms with Crippen molar-refractivity contribution in [2.45, 2.75) is 63.6 Å². The normalized spacial score (nSPS) is 31.8. The fourth-order valence-electron chi connectivity index (χ4n) is 1.96. The third kappa shape index (κ3) is 3.93. The lowest BCUT2D eigenvalue weighted by Gasteiger charge is -2.24. The zero-order valence-corrected chi connectivity index (χ0v) is 9.99. The maximum atomic E-state index is 3.76. The van der Waals surface area contributed by atoms with E-state index in [-0.39, 0.29) is 0 Å². The van der Waals surface area contributed by atoms with E-state index in [1.54, 1.807) is 0 Å². The summed E-state index contributed by atoms with van der Waals surface area (Å²) in [7, 11) is 0. The van der Waals surface area contributed by atoms with Gasteiger partial charge >= 0.3 is 0 Å². The van der Waals surface area contributed by atoms with Gasteiger partial charge in [0, 0.05) is 4.83 Å². The summed E-state index contributed by atoms with van der Waals surface area (Å²) in [4.78, 5) is 0.787. The van der Waals surface area contributed by atoms with Gasteiger partial charge in [0.1, 0.15) is 0 Å². The van der Waals surface area contributed by atoms with E-state index in [9.17, 15) is 0 Å². The first kappa shape index (κ1) is 10.6. The molecule has 12 heavy (non-hydrogen) atoms. The van der Waals surface area contributed by atoms with Crippen molar-refractivity contribution in [2.24, 2.45) is 5.41 Å². The van der Waals surface area contributed by atoms with E-state index in [4.69, 9.17) is 0 Å². The molecular weight excluding hydrogens is 212 g/mol. The molecule has 0 bridgehead atoms. The Labute approximate surface area is 85.3 Å². The monoisotopic (exact) mass is 232 g/mol. The van der Waals surface area contributed by atoms with Crippen LogP contribution in [0.25, 0.3) is 0 Å². The van der Waals surface area contributed by atoms with Gasteiger partial charge in [-0.2, -0.15) is 0 Å². The molecule has 0 amide bonds. The minimum absolute atomic E-state index is 0.594. The highest BCUT2D eigenvalue weighted by Gasteiger charge is 2.20. The van der Waals surface area contributed by atoms with Crippen LogP contribution in [0, 0.1) is 5.41 Å². The van der Waals surface area contributed by atoms with E-state index in [0.29, 0.717) is 5.41 Å². The van der Waals surface area contributed by atoms with Crippen molar-refractivity contribution in [1.82, 2.24) is 0 Å². The smallest absolute Gasteiger partial charge is 0.0146 e. The Morgan fingerprint density at radius 2 is 1.75 bits per heavy atom. The van der Waals surface area contributed by atoms with Crippen molar-refractivity contribution >= 4 is 15.9 Å². The van der Waals surface area contributed by atoms with Gasteiger partial charge in [-0.1, -0.05) is 49.0 Å². The Morgan fingerprint density at radius 3 is 2.50 bits per heavy atom. The fraction of sp³-hybridized carbons (Fsp3) is 1.00. The second kappa shape index (κ2) is 4.64. The van der Waals surface area contributed by atoms with Crippen LogP contribution in [0.2, 0.25) is 0 Å². The van der Waals surface area contributed by atoms with Crippen LogP contribution in [0.3, 0.4) is 0 Å². The van der Waals surface area contributed by atoms with Gasteiger partial charge in [0.2, 0.25) is 0 Å². The van der Waals surface area contributed by atoms with Crippen molar-refractivity contribution in [1.29, 1.82) is 0 Å². The minimum atomic E-state index is 0.594. The predicted molar refractivity (Wildman–Crippen MR) is 58.8 cm³/mol. The van der Waals surface area contributed by atoms with Gasteiger partial charge in [-0.05, 0) is 31.1 Å². The van der Waals surface area contributed by atoms with E-state index in [1.165, 1.54) is 44.9 Å². The number of halogens is 1. The second-order valence-electron chi connectivity index (χ2n) is 4.90. The summed E-state index contributed by atoms with van der Waals surface area (Å²) in [6.45, 7) is 4.83. The molecule has 0 aliphatic heterocycles. The first-order chi connectivity index (χ1) is 5.60. The highest BCUT2D eigenvalue weighted by atomic mass is 79.9. The Kier molecular flexibility index (Phi) is 4.09. The lowest BCUT2D eigenvalue weighted by atomic mass is 9.83. The average molecular weight is 233 g/mol. The first-order valence-electron chi connectivity index (χ1n) is 5.24. The maximum absolute atomic E-state index is 3.76. The quantitative estimate of drug-likeness (QED) is 0.539. The number of alkyl halides is 1. The minimum Gasteiger partial charge on any atom is -0.0891 e. The molecule has 0 nitrogen and oxygen atoms in total. The van der Waals surface area contributed by atoms with Crippen LogP contribution >= 0.6 is 15.9 Å². The molecule has 1 saturated carbocycles. The first-order valence-corrected chi connectivity index (χ1v) is 6.16. The van der Waals surface area contributed by atoms with E-state index in [0.717, 1.165) is 4.83 Å². The molecule has 0 aromatic rings. The Balaban J connectivity index is 2.40. The molecule has 0 aromatic carbocycles. The van der Waals surface area contributed by atoms with Crippen LogP contribution in [0.1, 0.15) is 58.8 Å². The summed E-state index contributed by atoms with van der Waals surface area (Å²) in [5, 5.41) is 0. The Bertz CT molecular complexity index is 129. The molecule has 72 valence electrons. The van der Waals surface area contributed by atoms with E-state index in [2.05, 4.69) is 29.8 Å². The molecule has 1 unspecified atom stereocenters. The van der Waals surface area contributed by atoms with Gasteiger partial charge in [-0.15, -0.1) is 0 Å². The zero-order chi connectivity index (χ0) is 9.03. The van der Waals surface area contributed by atoms with Gasteiger partial charge < -0.3 is 0 Å². The van der Waals surface area contributed by atoms with Crippen LogP contribution in [0.4, 0.5) is 0 Å². The Hall–Kier alpha value is 0.480. The van der Waals surface area contributed by atoms with Crippen LogP contribution < -0.4 is 0 Å². The van der Waals surface area contributed by atoms with E-state index < -0.39 is 0 Å². The third-order valence-electron chi connectivity index (χ3n) is 3.01. The molecule has 0 aromatic heterocycles. The van der Waals surface area contributed by atoms with Crippen molar-refractivity contribution in [3.63, 3.8) is 0 Å². The van der Waals surface area contributed by atoms with Gasteiger partial charge in [-0.3, -0.25) is 0 Å². The Morgan fingerprint density at radius 1 is 1.00 bits per heavy atom. The van der Waals surface area contributed by atoms with E-state index in [1.807, 2.05) is 0 Å². The molecule has 1 heteroatoms. The molecule has 0 radical (unpaired) electrons. The van der Waals surface area contributed by atoms with Gasteiger partial charge in [0.05, 0.1) is 0 Å². The lowest BCUT2D eigenvalue weighted by Crippen LogP contribution is -2.12. The van der Waals surface area contributed by atoms with Crippen LogP contribution in [-0.4, -0.2) is 4.83 Å². The number of hydrogen-bond acceptors (Lipinski definition) is 0. The molecule has 0 saturated heterocycles. The van der Waals surface area contributed by atoms with Gasteiger partial charge in [-0.25, -0.2) is 0 Å². The average Bonchev–Trinajstić information content (AvgIpc) is 2.05. The van der Waals surface area contributed by atoms with Crippen molar-refractivity contribution < 1.29 is 0 Å². The second-order valence-corrected chi connectivity index (χ2v) is 6.19. The van der Waals surface area contributed by atoms with Gasteiger partial charge in [0.15, 0.2) is 0 Å². The largest absolute Gasteiger partial charge is 0.0891 e. The van der Waals surface area contributed by atoms with Crippen molar-refractivity contribution in [3.8, 4) is 0 Å². The molecule has 0 spiro atoms. The highest BCUT2D eigenvalue weighted by molar-refractivity contribution is 9.09. The molecule has 1 fully saturated rings. The predicted octanol–water partition coefficient (Wildman–Crippen LogP) is 4.52. The number of hydrogen-bond donors (Lipinski definition) is 0. The summed E-state index contributed by atoms with van der Waals surface area (Å²) in [6, 6.07) is 0. The molecular formula is C11H21Br. The zero-order valence-electron chi connectivity index (χ0n) is 8.41. The van der Waals surface area contributed by atoms with Crippen LogP contribution in [0.15, 0.2) is 0 Å². The molecule has 1 atom stereocenters. The van der Waals surface area contributed by atoms with Crippen LogP contribution in [0.5, 0.6) is 0 Å². The lowest BCUT2D eigenvalue weighted by molar-refractivity contribution is 0.295. The summed E-state index contributed by atoms with van der Waals surface area (Å²) < 4.78 is 0. The number of rotatable bonds is 0. The highest BCUT2D eigenvalue weighted by Crippen LogP contribution is 2.33. The van der Waals surface area contributed by atoms with E-state index >= 15 is 0 Å². The third-order valence-corrected chi connectivity index (χ3v) is 3.92. The maximum Gasteiger partial charge on any atom is 0.0146 e. The molecule has 1 rings (SSSR count). The van der Waals surface area contributed by atoms with Crippen molar-refractivity contribution in [2.75, 3.05) is 0 Å². The topological polar surface area (TPSA) is 0 Å². The SMILES string of the molecule is CC1(C)CCCCCC(Br)CC1. The summed E-state index contributed by atoms with van der Waals surface area (Å²) in [5.74, 6) is 0. The fourth-order valence-corrected chi connectivity index (χ4v) is 2.52. The molecule has 1 aliphatic rings. The summed E-state index contributed by atoms with van der Waals surface area (Å²) >= 11 is 3.76. The van der Waals surface area contributed by atoms with Crippen LogP contribution in [-0.2, 0) is 0 Å².